The highest BCUT2D eigenvalue weighted by Gasteiger charge is 2.35. The number of benzene rings is 1. The Hall–Kier alpha value is -3.68. The monoisotopic (exact) mass is 581 g/mol. The Bertz CT molecular complexity index is 1590. The van der Waals surface area contributed by atoms with E-state index < -0.39 is 0 Å². The summed E-state index contributed by atoms with van der Waals surface area (Å²) in [6, 6.07) is 9.23. The van der Waals surface area contributed by atoms with Crippen LogP contribution >= 0.6 is 0 Å². The minimum absolute atomic E-state index is 0.376. The second kappa shape index (κ2) is 15.4. The molecule has 0 radical (unpaired) electrons. The van der Waals surface area contributed by atoms with Gasteiger partial charge >= 0.3 is 0 Å². The van der Waals surface area contributed by atoms with Crippen molar-refractivity contribution >= 4 is 11.1 Å². The molecule has 4 aliphatic carbocycles. The molecule has 0 aliphatic heterocycles. The van der Waals surface area contributed by atoms with Gasteiger partial charge in [-0.25, -0.2) is 0 Å². The van der Waals surface area contributed by atoms with E-state index >= 15 is 0 Å². The molecule has 0 amide bonds. The first-order valence-electron chi connectivity index (χ1n) is 16.8. The van der Waals surface area contributed by atoms with Crippen LogP contribution in [0, 0.1) is 29.6 Å². The average Bonchev–Trinajstić information content (AvgIpc) is 3.06. The minimum Gasteiger partial charge on any atom is -0.326 e. The maximum absolute atomic E-state index is 6.16. The highest BCUT2D eigenvalue weighted by Crippen LogP contribution is 2.47. The van der Waals surface area contributed by atoms with E-state index in [0.717, 1.165) is 12.8 Å². The fraction of sp³-hybridized carbons (Fsp3) is 0.349. The highest BCUT2D eigenvalue weighted by atomic mass is 14.5. The molecular weight excluding hydrogens is 530 g/mol. The Labute approximate surface area is 266 Å². The molecule has 1 heteroatoms. The summed E-state index contributed by atoms with van der Waals surface area (Å²) in [5, 5.41) is 2.95. The van der Waals surface area contributed by atoms with Crippen LogP contribution in [-0.2, 0) is 0 Å². The SMILES string of the molecule is C=C/C=C\CC(C)/C=C(\C=C/C)C1=c2ccccc2=C(C2CCC(C3=CC=C(/C(=C/C=C)CN)C4C=CC=CC34)CC2)CC1. The van der Waals surface area contributed by atoms with E-state index in [-0.39, 0.29) is 0 Å². The van der Waals surface area contributed by atoms with E-state index in [1.165, 1.54) is 64.8 Å². The summed E-state index contributed by atoms with van der Waals surface area (Å²) in [5.74, 6) is 2.62. The largest absolute Gasteiger partial charge is 0.326 e. The van der Waals surface area contributed by atoms with E-state index in [1.54, 1.807) is 11.1 Å². The van der Waals surface area contributed by atoms with Crippen molar-refractivity contribution in [1.29, 1.82) is 0 Å². The van der Waals surface area contributed by atoms with Crippen LogP contribution in [-0.4, -0.2) is 6.54 Å². The fourth-order valence-corrected chi connectivity index (χ4v) is 8.04. The zero-order valence-electron chi connectivity index (χ0n) is 26.9. The van der Waals surface area contributed by atoms with Crippen molar-refractivity contribution in [3.05, 3.63) is 155 Å². The molecule has 1 nitrogen and oxygen atoms in total. The summed E-state index contributed by atoms with van der Waals surface area (Å²) in [5.41, 5.74) is 14.9. The standard InChI is InChI=1S/C43H51N/c1-5-8-9-16-31(4)29-34(14-6-2)38-27-25-36(40-17-10-12-19-42(38)40)32-21-23-33(24-22-32)37-26-28-39(35(30-44)15-7-3)43-20-13-11-18-41(37)43/h5-15,17-20,26,28-29,31-33,41,43H,1,3,16,21-25,27,30,44H2,2,4H3/b9-8-,14-6-,34-29+,35-15+. The lowest BCUT2D eigenvalue weighted by Crippen LogP contribution is -2.35. The molecule has 0 aromatic heterocycles. The van der Waals surface area contributed by atoms with Gasteiger partial charge in [-0.1, -0.05) is 141 Å². The van der Waals surface area contributed by atoms with Gasteiger partial charge in [-0.3, -0.25) is 0 Å². The fourth-order valence-electron chi connectivity index (χ4n) is 8.04. The zero-order valence-corrected chi connectivity index (χ0v) is 26.9. The smallest absolute Gasteiger partial charge is 0.0181 e. The molecule has 0 saturated heterocycles. The van der Waals surface area contributed by atoms with Gasteiger partial charge < -0.3 is 5.73 Å². The number of allylic oxidation sites excluding steroid dienone is 16. The summed E-state index contributed by atoms with van der Waals surface area (Å²) in [6.45, 7) is 12.7. The molecule has 1 aromatic rings. The van der Waals surface area contributed by atoms with Gasteiger partial charge in [0.15, 0.2) is 0 Å². The number of rotatable bonds is 11. The van der Waals surface area contributed by atoms with Crippen LogP contribution < -0.4 is 16.2 Å². The Morgan fingerprint density at radius 1 is 0.932 bits per heavy atom. The lowest BCUT2D eigenvalue weighted by Gasteiger charge is -2.39. The topological polar surface area (TPSA) is 26.0 Å². The van der Waals surface area contributed by atoms with Gasteiger partial charge in [0.1, 0.15) is 0 Å². The third kappa shape index (κ3) is 7.00. The average molecular weight is 582 g/mol. The molecule has 3 unspecified atom stereocenters. The predicted octanol–water partition coefficient (Wildman–Crippen LogP) is 9.16. The molecule has 0 spiro atoms. The van der Waals surface area contributed by atoms with Gasteiger partial charge in [-0.2, -0.15) is 0 Å². The van der Waals surface area contributed by atoms with Gasteiger partial charge in [-0.15, -0.1) is 0 Å². The summed E-state index contributed by atoms with van der Waals surface area (Å²) < 4.78 is 0. The maximum atomic E-state index is 6.16. The first-order valence-corrected chi connectivity index (χ1v) is 16.8. The number of nitrogens with two attached hydrogens (primary N) is 1. The summed E-state index contributed by atoms with van der Waals surface area (Å²) in [6.07, 6.45) is 39.5. The molecule has 1 aromatic carbocycles. The number of hydrogen-bond donors (Lipinski definition) is 1. The molecule has 4 aliphatic rings. The second-order valence-corrected chi connectivity index (χ2v) is 12.8. The zero-order chi connectivity index (χ0) is 30.9. The summed E-state index contributed by atoms with van der Waals surface area (Å²) >= 11 is 0. The molecule has 1 fully saturated rings. The van der Waals surface area contributed by atoms with Crippen molar-refractivity contribution in [3.8, 4) is 0 Å². The minimum atomic E-state index is 0.376. The molecule has 1 saturated carbocycles. The van der Waals surface area contributed by atoms with E-state index in [9.17, 15) is 0 Å². The van der Waals surface area contributed by atoms with Crippen molar-refractivity contribution in [3.63, 3.8) is 0 Å². The highest BCUT2D eigenvalue weighted by molar-refractivity contribution is 5.72. The third-order valence-electron chi connectivity index (χ3n) is 10.1. The van der Waals surface area contributed by atoms with Gasteiger partial charge in [0.2, 0.25) is 0 Å². The lowest BCUT2D eigenvalue weighted by molar-refractivity contribution is 0.326. The maximum Gasteiger partial charge on any atom is 0.0181 e. The van der Waals surface area contributed by atoms with Crippen molar-refractivity contribution in [2.24, 2.45) is 35.3 Å². The third-order valence-corrected chi connectivity index (χ3v) is 10.1. The number of hydrogen-bond acceptors (Lipinski definition) is 1. The van der Waals surface area contributed by atoms with Crippen LogP contribution in [0.4, 0.5) is 0 Å². The molecule has 0 bridgehead atoms. The van der Waals surface area contributed by atoms with Crippen molar-refractivity contribution < 1.29 is 0 Å². The second-order valence-electron chi connectivity index (χ2n) is 12.8. The van der Waals surface area contributed by atoms with Crippen LogP contribution in [0.25, 0.3) is 11.1 Å². The van der Waals surface area contributed by atoms with E-state index in [0.29, 0.717) is 36.1 Å². The van der Waals surface area contributed by atoms with Gasteiger partial charge in [0, 0.05) is 18.4 Å². The Morgan fingerprint density at radius 3 is 2.36 bits per heavy atom. The quantitative estimate of drug-likeness (QED) is 0.259. The van der Waals surface area contributed by atoms with E-state index in [4.69, 9.17) is 5.73 Å². The Balaban J connectivity index is 1.41. The van der Waals surface area contributed by atoms with E-state index in [2.05, 4.69) is 124 Å². The first-order chi connectivity index (χ1) is 21.6. The van der Waals surface area contributed by atoms with Gasteiger partial charge in [0.25, 0.3) is 0 Å². The van der Waals surface area contributed by atoms with Crippen molar-refractivity contribution in [2.75, 3.05) is 6.54 Å². The molecule has 5 rings (SSSR count). The Morgan fingerprint density at radius 2 is 1.66 bits per heavy atom. The van der Waals surface area contributed by atoms with Gasteiger partial charge in [-0.05, 0) is 102 Å². The summed E-state index contributed by atoms with van der Waals surface area (Å²) in [7, 11) is 0. The van der Waals surface area contributed by atoms with Crippen LogP contribution in [0.5, 0.6) is 0 Å². The summed E-state index contributed by atoms with van der Waals surface area (Å²) in [4.78, 5) is 0. The molecule has 228 valence electrons. The normalized spacial score (nSPS) is 26.3. The number of fused-ring (bicyclic) bond motifs is 2. The van der Waals surface area contributed by atoms with Crippen LogP contribution in [0.1, 0.15) is 58.8 Å². The molecule has 0 heterocycles. The van der Waals surface area contributed by atoms with Crippen LogP contribution in [0.3, 0.4) is 0 Å². The molecule has 44 heavy (non-hydrogen) atoms. The first kappa shape index (κ1) is 31.7. The Kier molecular flexibility index (Phi) is 11.1. The van der Waals surface area contributed by atoms with Crippen molar-refractivity contribution in [2.45, 2.75) is 58.8 Å². The molecule has 3 atom stereocenters. The lowest BCUT2D eigenvalue weighted by atomic mass is 9.65. The van der Waals surface area contributed by atoms with Crippen molar-refractivity contribution in [1.82, 2.24) is 0 Å². The van der Waals surface area contributed by atoms with Crippen LogP contribution in [0.2, 0.25) is 0 Å². The molecule has 2 N–H and O–H groups in total. The predicted molar refractivity (Wildman–Crippen MR) is 192 cm³/mol. The molecular formula is C43H51N. The van der Waals surface area contributed by atoms with Gasteiger partial charge in [0.05, 0.1) is 0 Å². The van der Waals surface area contributed by atoms with Crippen LogP contribution in [0.15, 0.2) is 145 Å². The van der Waals surface area contributed by atoms with E-state index in [1.807, 2.05) is 12.2 Å².